The summed E-state index contributed by atoms with van der Waals surface area (Å²) in [6.45, 7) is 29.6. The third-order valence-electron chi connectivity index (χ3n) is 9.03. The van der Waals surface area contributed by atoms with Gasteiger partial charge < -0.3 is 24.4 Å². The molecule has 3 aromatic rings. The van der Waals surface area contributed by atoms with Gasteiger partial charge in [0.15, 0.2) is 0 Å². The van der Waals surface area contributed by atoms with Crippen LogP contribution >= 0.6 is 0 Å². The molecule has 1 aromatic carbocycles. The van der Waals surface area contributed by atoms with Crippen molar-refractivity contribution in [3.05, 3.63) is 60.7 Å². The van der Waals surface area contributed by atoms with Crippen LogP contribution in [0.5, 0.6) is 5.75 Å². The van der Waals surface area contributed by atoms with Crippen LogP contribution in [0.15, 0.2) is 55.0 Å². The van der Waals surface area contributed by atoms with Gasteiger partial charge in [-0.1, -0.05) is 34.6 Å². The first-order valence-electron chi connectivity index (χ1n) is 18.5. The normalized spacial score (nSPS) is 15.0. The van der Waals surface area contributed by atoms with E-state index in [1.54, 1.807) is 0 Å². The molecule has 2 aromatic heterocycles. The Morgan fingerprint density at radius 1 is 0.720 bits per heavy atom. The second-order valence-electron chi connectivity index (χ2n) is 17.2. The van der Waals surface area contributed by atoms with Gasteiger partial charge in [-0.15, -0.1) is 0 Å². The number of benzene rings is 1. The van der Waals surface area contributed by atoms with Crippen LogP contribution in [-0.2, 0) is 14.9 Å². The van der Waals surface area contributed by atoms with Gasteiger partial charge in [-0.2, -0.15) is 0 Å². The van der Waals surface area contributed by atoms with Crippen molar-refractivity contribution in [2.75, 3.05) is 69.4 Å². The van der Waals surface area contributed by atoms with Crippen LogP contribution in [0.2, 0.25) is 0 Å². The molecule has 0 bridgehead atoms. The highest BCUT2D eigenvalue weighted by Gasteiger charge is 2.26. The first kappa shape index (κ1) is 39.5. The number of anilines is 2. The molecule has 4 rings (SSSR count). The highest BCUT2D eigenvalue weighted by atomic mass is 16.5. The van der Waals surface area contributed by atoms with Gasteiger partial charge in [0.1, 0.15) is 11.6 Å². The standard InChI is InChI=1S/C41H64N6O3/c1-38(2,3)36-29-44-37(30-43-36)47-22-20-46(21-23-47)24-27-50-41(9,10)19-18-40(7,8)31-48-25-11-26-49-34-15-12-32(13-16-34)35-17-14-33(28-42-35)45-39(4,5)6/h12-17,28-30,45H,11,18-27,31H2,1-10H3. The third kappa shape index (κ3) is 13.5. The predicted octanol–water partition coefficient (Wildman–Crippen LogP) is 8.26. The molecule has 0 unspecified atom stereocenters. The Kier molecular flexibility index (Phi) is 13.7. The maximum atomic E-state index is 6.40. The van der Waals surface area contributed by atoms with Gasteiger partial charge in [0.05, 0.1) is 61.1 Å². The van der Waals surface area contributed by atoms with Gasteiger partial charge >= 0.3 is 0 Å². The highest BCUT2D eigenvalue weighted by Crippen LogP contribution is 2.29. The van der Waals surface area contributed by atoms with E-state index in [9.17, 15) is 0 Å². The molecule has 50 heavy (non-hydrogen) atoms. The zero-order valence-corrected chi connectivity index (χ0v) is 32.6. The quantitative estimate of drug-likeness (QED) is 0.141. The van der Waals surface area contributed by atoms with Crippen LogP contribution in [0.25, 0.3) is 11.3 Å². The number of rotatable bonds is 17. The van der Waals surface area contributed by atoms with E-state index in [0.717, 1.165) is 99.4 Å². The van der Waals surface area contributed by atoms with Crippen molar-refractivity contribution in [2.24, 2.45) is 5.41 Å². The second-order valence-corrected chi connectivity index (χ2v) is 17.2. The number of ether oxygens (including phenoxy) is 3. The van der Waals surface area contributed by atoms with E-state index in [-0.39, 0.29) is 22.0 Å². The van der Waals surface area contributed by atoms with Crippen LogP contribution < -0.4 is 15.0 Å². The average Bonchev–Trinajstić information content (AvgIpc) is 3.05. The number of nitrogens with one attached hydrogen (secondary N) is 1. The minimum atomic E-state index is -0.171. The Morgan fingerprint density at radius 3 is 2.04 bits per heavy atom. The average molecular weight is 689 g/mol. The van der Waals surface area contributed by atoms with Crippen molar-refractivity contribution in [1.82, 2.24) is 19.9 Å². The van der Waals surface area contributed by atoms with Gasteiger partial charge in [0.2, 0.25) is 0 Å². The van der Waals surface area contributed by atoms with E-state index >= 15 is 0 Å². The van der Waals surface area contributed by atoms with Crippen molar-refractivity contribution in [1.29, 1.82) is 0 Å². The highest BCUT2D eigenvalue weighted by molar-refractivity contribution is 5.62. The molecule has 9 heteroatoms. The Labute approximate surface area is 302 Å². The topological polar surface area (TPSA) is 84.9 Å². The number of nitrogens with zero attached hydrogens (tertiary/aromatic N) is 5. The summed E-state index contributed by atoms with van der Waals surface area (Å²) >= 11 is 0. The molecule has 9 nitrogen and oxygen atoms in total. The zero-order chi connectivity index (χ0) is 36.4. The molecule has 0 atom stereocenters. The fourth-order valence-electron chi connectivity index (χ4n) is 5.80. The molecule has 1 N–H and O–H groups in total. The van der Waals surface area contributed by atoms with Crippen molar-refractivity contribution < 1.29 is 14.2 Å². The lowest BCUT2D eigenvalue weighted by molar-refractivity contribution is -0.0439. The fourth-order valence-corrected chi connectivity index (χ4v) is 5.80. The summed E-state index contributed by atoms with van der Waals surface area (Å²) in [5.74, 6) is 1.84. The number of hydrogen-bond acceptors (Lipinski definition) is 9. The zero-order valence-electron chi connectivity index (χ0n) is 32.6. The van der Waals surface area contributed by atoms with E-state index in [1.165, 1.54) is 0 Å². The molecular weight excluding hydrogens is 624 g/mol. The maximum absolute atomic E-state index is 6.40. The third-order valence-corrected chi connectivity index (χ3v) is 9.03. The molecule has 0 radical (unpaired) electrons. The number of piperazine rings is 1. The van der Waals surface area contributed by atoms with Crippen LogP contribution in [-0.4, -0.2) is 90.1 Å². The number of hydrogen-bond donors (Lipinski definition) is 1. The van der Waals surface area contributed by atoms with E-state index < -0.39 is 0 Å². The molecule has 0 spiro atoms. The van der Waals surface area contributed by atoms with E-state index in [0.29, 0.717) is 13.2 Å². The first-order chi connectivity index (χ1) is 23.5. The largest absolute Gasteiger partial charge is 0.494 e. The van der Waals surface area contributed by atoms with Crippen LogP contribution in [0.3, 0.4) is 0 Å². The molecule has 0 amide bonds. The van der Waals surface area contributed by atoms with Gasteiger partial charge in [0.25, 0.3) is 0 Å². The Hall–Kier alpha value is -3.27. The summed E-state index contributed by atoms with van der Waals surface area (Å²) in [5.41, 5.74) is 4.00. The minimum Gasteiger partial charge on any atom is -0.494 e. The summed E-state index contributed by atoms with van der Waals surface area (Å²) < 4.78 is 18.5. The predicted molar refractivity (Wildman–Crippen MR) is 206 cm³/mol. The number of aromatic nitrogens is 3. The Bertz CT molecular complexity index is 1420. The van der Waals surface area contributed by atoms with Crippen LogP contribution in [0.1, 0.15) is 94.2 Å². The lowest BCUT2D eigenvalue weighted by Crippen LogP contribution is -2.48. The van der Waals surface area contributed by atoms with E-state index in [1.807, 2.05) is 36.8 Å². The van der Waals surface area contributed by atoms with E-state index in [4.69, 9.17) is 19.2 Å². The monoisotopic (exact) mass is 689 g/mol. The molecule has 0 saturated carbocycles. The fraction of sp³-hybridized carbons (Fsp3) is 0.634. The molecule has 1 aliphatic heterocycles. The lowest BCUT2D eigenvalue weighted by Gasteiger charge is -2.36. The SMILES string of the molecule is CC(C)(CCC(C)(C)OCCN1CCN(c2cnc(C(C)(C)C)cn2)CC1)COCCCOc1ccc(-c2ccc(NC(C)(C)C)cn2)cc1. The molecule has 0 aliphatic carbocycles. The van der Waals surface area contributed by atoms with Crippen molar-refractivity contribution >= 4 is 11.5 Å². The summed E-state index contributed by atoms with van der Waals surface area (Å²) in [6, 6.07) is 12.3. The smallest absolute Gasteiger partial charge is 0.147 e. The molecule has 276 valence electrons. The van der Waals surface area contributed by atoms with Gasteiger partial charge in [-0.25, -0.2) is 4.98 Å². The Morgan fingerprint density at radius 2 is 1.44 bits per heavy atom. The molecule has 1 saturated heterocycles. The first-order valence-corrected chi connectivity index (χ1v) is 18.5. The van der Waals surface area contributed by atoms with Gasteiger partial charge in [0, 0.05) is 62.3 Å². The summed E-state index contributed by atoms with van der Waals surface area (Å²) in [4.78, 5) is 18.8. The van der Waals surface area contributed by atoms with Crippen LogP contribution in [0, 0.1) is 5.41 Å². The lowest BCUT2D eigenvalue weighted by atomic mass is 9.85. The minimum absolute atomic E-state index is 0.00645. The van der Waals surface area contributed by atoms with Gasteiger partial charge in [-0.05, 0) is 89.3 Å². The van der Waals surface area contributed by atoms with Crippen molar-refractivity contribution in [2.45, 2.75) is 105 Å². The van der Waals surface area contributed by atoms with Crippen molar-refractivity contribution in [3.8, 4) is 17.0 Å². The van der Waals surface area contributed by atoms with Crippen molar-refractivity contribution in [3.63, 3.8) is 0 Å². The maximum Gasteiger partial charge on any atom is 0.147 e. The van der Waals surface area contributed by atoms with Crippen LogP contribution in [0.4, 0.5) is 11.5 Å². The summed E-state index contributed by atoms with van der Waals surface area (Å²) in [5, 5.41) is 3.45. The molecule has 3 heterocycles. The summed E-state index contributed by atoms with van der Waals surface area (Å²) in [7, 11) is 0. The second kappa shape index (κ2) is 17.3. The van der Waals surface area contributed by atoms with Gasteiger partial charge in [-0.3, -0.25) is 14.9 Å². The molecule has 1 aliphatic rings. The summed E-state index contributed by atoms with van der Waals surface area (Å²) in [6.07, 6.45) is 8.62. The number of pyridine rings is 1. The molecular formula is C41H64N6O3. The van der Waals surface area contributed by atoms with E-state index in [2.05, 4.69) is 113 Å². The molecule has 1 fully saturated rings. The Balaban J connectivity index is 1.05.